The maximum absolute atomic E-state index is 6.31. The average Bonchev–Trinajstić information content (AvgIpc) is 3.31. The molecule has 0 amide bonds. The van der Waals surface area contributed by atoms with Crippen LogP contribution in [0, 0.1) is 0 Å². The van der Waals surface area contributed by atoms with Crippen LogP contribution in [0.15, 0.2) is 4.34 Å². The minimum Gasteiger partial charge on any atom is -0.383 e. The van der Waals surface area contributed by atoms with Crippen LogP contribution >= 0.6 is 34.4 Å². The van der Waals surface area contributed by atoms with Crippen molar-refractivity contribution in [2.45, 2.75) is 73.9 Å². The number of nitrogens with zero attached hydrogens (tertiary/aromatic N) is 4. The van der Waals surface area contributed by atoms with Gasteiger partial charge in [-0.15, -0.1) is 21.5 Å². The predicted octanol–water partition coefficient (Wildman–Crippen LogP) is 5.04. The zero-order valence-corrected chi connectivity index (χ0v) is 18.2. The summed E-state index contributed by atoms with van der Waals surface area (Å²) in [4.78, 5) is 11.9. The lowest BCUT2D eigenvalue weighted by Crippen LogP contribution is -2.21. The highest BCUT2D eigenvalue weighted by molar-refractivity contribution is 8.00. The second-order valence-corrected chi connectivity index (χ2v) is 10.8. The van der Waals surface area contributed by atoms with Gasteiger partial charge in [-0.3, -0.25) is 0 Å². The molecule has 5 rings (SSSR count). The first-order valence-electron chi connectivity index (χ1n) is 10.1. The lowest BCUT2D eigenvalue weighted by Gasteiger charge is -2.21. The van der Waals surface area contributed by atoms with Crippen LogP contribution in [-0.2, 0) is 18.6 Å². The number of fused-ring (bicyclic) bond motifs is 3. The number of thioether (sulfide) groups is 1. The number of aromatic nitrogens is 4. The first kappa shape index (κ1) is 18.6. The summed E-state index contributed by atoms with van der Waals surface area (Å²) in [5.41, 5.74) is 7.71. The number of nitrogens with two attached hydrogens (primary N) is 1. The quantitative estimate of drug-likeness (QED) is 0.546. The zero-order chi connectivity index (χ0) is 18.9. The van der Waals surface area contributed by atoms with Crippen LogP contribution in [0.5, 0.6) is 0 Å². The molecule has 6 nitrogen and oxygen atoms in total. The Morgan fingerprint density at radius 2 is 1.86 bits per heavy atom. The van der Waals surface area contributed by atoms with Gasteiger partial charge < -0.3 is 11.1 Å². The van der Waals surface area contributed by atoms with Gasteiger partial charge in [0.25, 0.3) is 0 Å². The van der Waals surface area contributed by atoms with Gasteiger partial charge in [0.05, 0.1) is 11.1 Å². The first-order chi connectivity index (χ1) is 13.8. The maximum atomic E-state index is 6.31. The van der Waals surface area contributed by atoms with Crippen molar-refractivity contribution < 1.29 is 0 Å². The molecule has 0 radical (unpaired) electrons. The molecule has 28 heavy (non-hydrogen) atoms. The highest BCUT2D eigenvalue weighted by Gasteiger charge is 2.20. The number of anilines is 2. The van der Waals surface area contributed by atoms with Crippen molar-refractivity contribution in [1.82, 2.24) is 20.2 Å². The fraction of sp³-hybridized carbons (Fsp3) is 0.579. The van der Waals surface area contributed by atoms with E-state index in [1.165, 1.54) is 55.4 Å². The Bertz CT molecular complexity index is 976. The van der Waals surface area contributed by atoms with Crippen LogP contribution in [-0.4, -0.2) is 26.2 Å². The van der Waals surface area contributed by atoms with Crippen molar-refractivity contribution >= 4 is 55.6 Å². The normalized spacial score (nSPS) is 17.7. The van der Waals surface area contributed by atoms with E-state index in [1.807, 2.05) is 0 Å². The summed E-state index contributed by atoms with van der Waals surface area (Å²) in [5, 5.41) is 14.2. The van der Waals surface area contributed by atoms with E-state index in [-0.39, 0.29) is 0 Å². The molecule has 3 aromatic heterocycles. The van der Waals surface area contributed by atoms with E-state index in [9.17, 15) is 0 Å². The van der Waals surface area contributed by atoms with Crippen LogP contribution in [0.2, 0.25) is 0 Å². The fourth-order valence-electron chi connectivity index (χ4n) is 4.17. The van der Waals surface area contributed by atoms with E-state index < -0.39 is 0 Å². The van der Waals surface area contributed by atoms with Crippen molar-refractivity contribution in [3.05, 3.63) is 16.3 Å². The van der Waals surface area contributed by atoms with Gasteiger partial charge in [-0.05, 0) is 44.1 Å². The number of rotatable bonds is 5. The number of nitrogen functional groups attached to an aromatic ring is 1. The van der Waals surface area contributed by atoms with Crippen LogP contribution < -0.4 is 11.1 Å². The number of thiophene rings is 1. The van der Waals surface area contributed by atoms with Gasteiger partial charge >= 0.3 is 0 Å². The maximum Gasteiger partial charge on any atom is 0.206 e. The molecule has 9 heteroatoms. The molecule has 2 aliphatic carbocycles. The largest absolute Gasteiger partial charge is 0.383 e. The van der Waals surface area contributed by atoms with E-state index >= 15 is 0 Å². The highest BCUT2D eigenvalue weighted by Crippen LogP contribution is 2.38. The molecule has 0 atom stereocenters. The number of aryl methyl sites for hydroxylation is 2. The van der Waals surface area contributed by atoms with E-state index in [1.54, 1.807) is 34.4 Å². The smallest absolute Gasteiger partial charge is 0.206 e. The molecule has 2 aliphatic rings. The van der Waals surface area contributed by atoms with Gasteiger partial charge in [0.15, 0.2) is 4.34 Å². The molecule has 1 saturated carbocycles. The molecule has 3 heterocycles. The number of hydrogen-bond acceptors (Lipinski definition) is 9. The number of hydrogen-bond donors (Lipinski definition) is 2. The lowest BCUT2D eigenvalue weighted by atomic mass is 9.96. The molecule has 0 aliphatic heterocycles. The fourth-order valence-corrected chi connectivity index (χ4v) is 7.14. The van der Waals surface area contributed by atoms with Crippen LogP contribution in [0.25, 0.3) is 10.2 Å². The van der Waals surface area contributed by atoms with Gasteiger partial charge in [0.2, 0.25) is 5.13 Å². The van der Waals surface area contributed by atoms with Crippen molar-refractivity contribution in [2.75, 3.05) is 11.1 Å². The Kier molecular flexibility index (Phi) is 5.38. The third-order valence-corrected chi connectivity index (χ3v) is 8.72. The Hall–Kier alpha value is -1.45. The molecule has 0 unspecified atom stereocenters. The van der Waals surface area contributed by atoms with E-state index in [2.05, 4.69) is 20.5 Å². The molecule has 0 aromatic carbocycles. The van der Waals surface area contributed by atoms with Crippen LogP contribution in [0.1, 0.15) is 61.2 Å². The van der Waals surface area contributed by atoms with E-state index in [0.29, 0.717) is 17.6 Å². The average molecular weight is 433 g/mol. The van der Waals surface area contributed by atoms with E-state index in [4.69, 9.17) is 10.7 Å². The molecule has 1 fully saturated rings. The zero-order valence-electron chi connectivity index (χ0n) is 15.7. The predicted molar refractivity (Wildman–Crippen MR) is 118 cm³/mol. The molecule has 0 saturated heterocycles. The van der Waals surface area contributed by atoms with Crippen LogP contribution in [0.4, 0.5) is 10.9 Å². The topological polar surface area (TPSA) is 89.6 Å². The van der Waals surface area contributed by atoms with Gasteiger partial charge in [0, 0.05) is 10.9 Å². The number of nitrogens with one attached hydrogen (secondary N) is 1. The molecule has 3 aromatic rings. The Balaban J connectivity index is 1.27. The summed E-state index contributed by atoms with van der Waals surface area (Å²) in [7, 11) is 0. The summed E-state index contributed by atoms with van der Waals surface area (Å²) < 4.78 is 0.950. The summed E-state index contributed by atoms with van der Waals surface area (Å²) in [6.07, 6.45) is 11.2. The molecule has 148 valence electrons. The van der Waals surface area contributed by atoms with Crippen LogP contribution in [0.3, 0.4) is 0 Å². The molecule has 0 bridgehead atoms. The minimum atomic E-state index is 0.551. The SMILES string of the molecule is Nc1nc(CSc2nnc(NC3CCCCC3)s2)nc2sc3c(c12)CCCC3. The molecule has 0 spiro atoms. The summed E-state index contributed by atoms with van der Waals surface area (Å²) in [6.45, 7) is 0. The summed E-state index contributed by atoms with van der Waals surface area (Å²) >= 11 is 5.06. The van der Waals surface area contributed by atoms with Gasteiger partial charge in [-0.25, -0.2) is 9.97 Å². The third kappa shape index (κ3) is 3.84. The first-order valence-corrected chi connectivity index (χ1v) is 12.7. The van der Waals surface area contributed by atoms with Crippen molar-refractivity contribution in [2.24, 2.45) is 0 Å². The molecular formula is C19H24N6S3. The third-order valence-electron chi connectivity index (χ3n) is 5.55. The Morgan fingerprint density at radius 3 is 2.75 bits per heavy atom. The van der Waals surface area contributed by atoms with Crippen molar-refractivity contribution in [3.8, 4) is 0 Å². The standard InChI is InChI=1S/C19H24N6S3/c20-16-15-12-8-4-5-9-13(12)27-17(15)23-14(22-16)10-26-19-25-24-18(28-19)21-11-6-2-1-3-7-11/h11H,1-10H2,(H,21,24)(H2,20,22,23). The highest BCUT2D eigenvalue weighted by atomic mass is 32.2. The van der Waals surface area contributed by atoms with E-state index in [0.717, 1.165) is 38.4 Å². The second-order valence-electron chi connectivity index (χ2n) is 7.56. The molecule has 3 N–H and O–H groups in total. The van der Waals surface area contributed by atoms with Crippen molar-refractivity contribution in [1.29, 1.82) is 0 Å². The monoisotopic (exact) mass is 432 g/mol. The Morgan fingerprint density at radius 1 is 1.00 bits per heavy atom. The van der Waals surface area contributed by atoms with Gasteiger partial charge in [-0.2, -0.15) is 0 Å². The second kappa shape index (κ2) is 8.12. The van der Waals surface area contributed by atoms with Crippen molar-refractivity contribution in [3.63, 3.8) is 0 Å². The lowest BCUT2D eigenvalue weighted by molar-refractivity contribution is 0.462. The summed E-state index contributed by atoms with van der Waals surface area (Å²) in [5.74, 6) is 2.09. The minimum absolute atomic E-state index is 0.551. The van der Waals surface area contributed by atoms with Gasteiger partial charge in [-0.1, -0.05) is 42.4 Å². The summed E-state index contributed by atoms with van der Waals surface area (Å²) in [6, 6.07) is 0.551. The van der Waals surface area contributed by atoms with Gasteiger partial charge in [0.1, 0.15) is 16.5 Å². The molecular weight excluding hydrogens is 408 g/mol. The Labute approximate surface area is 176 Å².